The molecule has 1 N–H and O–H groups in total. The second-order valence-electron chi connectivity index (χ2n) is 6.05. The number of likely N-dealkylation sites (tertiary alicyclic amines) is 1. The zero-order chi connectivity index (χ0) is 15.2. The Morgan fingerprint density at radius 1 is 1.18 bits per heavy atom. The van der Waals surface area contributed by atoms with E-state index in [2.05, 4.69) is 4.90 Å². The molecule has 122 valence electrons. The number of benzene rings is 1. The molecule has 0 spiro atoms. The van der Waals surface area contributed by atoms with Crippen LogP contribution in [0.5, 0.6) is 11.5 Å². The summed E-state index contributed by atoms with van der Waals surface area (Å²) in [7, 11) is 0. The highest BCUT2D eigenvalue weighted by atomic mass is 16.6. The van der Waals surface area contributed by atoms with E-state index in [1.165, 1.54) is 19.3 Å². The third-order valence-electron chi connectivity index (χ3n) is 4.10. The molecule has 2 atom stereocenters. The molecule has 5 nitrogen and oxygen atoms in total. The third kappa shape index (κ3) is 4.35. The van der Waals surface area contributed by atoms with Crippen molar-refractivity contribution in [2.75, 3.05) is 39.5 Å². The number of hydrogen-bond acceptors (Lipinski definition) is 5. The highest BCUT2D eigenvalue weighted by Gasteiger charge is 2.21. The van der Waals surface area contributed by atoms with Crippen LogP contribution >= 0.6 is 0 Å². The fourth-order valence-corrected chi connectivity index (χ4v) is 2.97. The monoisotopic (exact) mass is 307 g/mol. The minimum atomic E-state index is -0.435. The molecule has 2 aliphatic heterocycles. The predicted molar refractivity (Wildman–Crippen MR) is 83.5 cm³/mol. The maximum Gasteiger partial charge on any atom is 0.161 e. The molecule has 2 aliphatic rings. The lowest BCUT2D eigenvalue weighted by molar-refractivity contribution is -0.0300. The molecule has 5 heteroatoms. The van der Waals surface area contributed by atoms with E-state index in [0.29, 0.717) is 26.4 Å². The minimum Gasteiger partial charge on any atom is -0.486 e. The van der Waals surface area contributed by atoms with E-state index in [0.717, 1.165) is 24.6 Å². The summed E-state index contributed by atoms with van der Waals surface area (Å²) in [4.78, 5) is 2.31. The summed E-state index contributed by atoms with van der Waals surface area (Å²) >= 11 is 0. The van der Waals surface area contributed by atoms with Gasteiger partial charge in [0.25, 0.3) is 0 Å². The molecule has 0 radical (unpaired) electrons. The van der Waals surface area contributed by atoms with Crippen LogP contribution in [0.25, 0.3) is 0 Å². The van der Waals surface area contributed by atoms with Gasteiger partial charge in [0, 0.05) is 6.54 Å². The number of β-amino-alcohol motifs (C(OH)–C–C–N with tert-alkyl or cyclic N) is 1. The Balaban J connectivity index is 1.35. The first-order valence-electron chi connectivity index (χ1n) is 8.18. The summed E-state index contributed by atoms with van der Waals surface area (Å²) in [6.45, 7) is 4.15. The van der Waals surface area contributed by atoms with Crippen molar-refractivity contribution in [1.82, 2.24) is 4.90 Å². The highest BCUT2D eigenvalue weighted by Crippen LogP contribution is 2.30. The van der Waals surface area contributed by atoms with Gasteiger partial charge in [-0.25, -0.2) is 0 Å². The van der Waals surface area contributed by atoms with Gasteiger partial charge < -0.3 is 24.2 Å². The zero-order valence-electron chi connectivity index (χ0n) is 12.9. The van der Waals surface area contributed by atoms with Gasteiger partial charge in [-0.3, -0.25) is 0 Å². The first-order valence-corrected chi connectivity index (χ1v) is 8.18. The standard InChI is InChI=1S/C17H25NO4/c19-14(10-18-8-4-1-5-9-18)11-20-12-15-13-21-16-6-2-3-7-17(16)22-15/h2-3,6-7,14-15,19H,1,4-5,8-13H2/t14-,15+/m1/s1. The minimum absolute atomic E-state index is 0.114. The Bertz CT molecular complexity index is 462. The second kappa shape index (κ2) is 7.81. The molecule has 22 heavy (non-hydrogen) atoms. The van der Waals surface area contributed by atoms with Crippen LogP contribution in [0.4, 0.5) is 0 Å². The predicted octanol–water partition coefficient (Wildman–Crippen LogP) is 1.69. The second-order valence-corrected chi connectivity index (χ2v) is 6.05. The first kappa shape index (κ1) is 15.6. The highest BCUT2D eigenvalue weighted by molar-refractivity contribution is 5.40. The van der Waals surface area contributed by atoms with Gasteiger partial charge in [-0.05, 0) is 38.1 Å². The number of aliphatic hydroxyl groups excluding tert-OH is 1. The summed E-state index contributed by atoms with van der Waals surface area (Å²) in [5, 5.41) is 10.0. The zero-order valence-corrected chi connectivity index (χ0v) is 12.9. The van der Waals surface area contributed by atoms with Crippen molar-refractivity contribution in [2.45, 2.75) is 31.5 Å². The van der Waals surface area contributed by atoms with Gasteiger partial charge in [-0.2, -0.15) is 0 Å². The molecule has 0 saturated carbocycles. The topological polar surface area (TPSA) is 51.2 Å². The van der Waals surface area contributed by atoms with Crippen LogP contribution in [0.1, 0.15) is 19.3 Å². The molecule has 0 amide bonds. The summed E-state index contributed by atoms with van der Waals surface area (Å²) in [5.41, 5.74) is 0. The lowest BCUT2D eigenvalue weighted by atomic mass is 10.1. The molecule has 1 aromatic rings. The summed E-state index contributed by atoms with van der Waals surface area (Å²) < 4.78 is 17.1. The smallest absolute Gasteiger partial charge is 0.161 e. The number of ether oxygens (including phenoxy) is 3. The third-order valence-corrected chi connectivity index (χ3v) is 4.10. The van der Waals surface area contributed by atoms with Crippen LogP contribution in [-0.2, 0) is 4.74 Å². The largest absolute Gasteiger partial charge is 0.486 e. The first-order chi connectivity index (χ1) is 10.8. The van der Waals surface area contributed by atoms with E-state index in [4.69, 9.17) is 14.2 Å². The van der Waals surface area contributed by atoms with Crippen LogP contribution in [-0.4, -0.2) is 61.7 Å². The number of aliphatic hydroxyl groups is 1. The van der Waals surface area contributed by atoms with E-state index < -0.39 is 6.10 Å². The molecule has 0 aliphatic carbocycles. The molecule has 0 bridgehead atoms. The number of fused-ring (bicyclic) bond motifs is 1. The van der Waals surface area contributed by atoms with Crippen molar-refractivity contribution in [1.29, 1.82) is 0 Å². The molecule has 1 saturated heterocycles. The Kier molecular flexibility index (Phi) is 5.53. The summed E-state index contributed by atoms with van der Waals surface area (Å²) in [5.74, 6) is 1.54. The van der Waals surface area contributed by atoms with Gasteiger partial charge in [-0.1, -0.05) is 18.6 Å². The number of piperidine rings is 1. The normalized spacial score (nSPS) is 23.2. The van der Waals surface area contributed by atoms with E-state index in [1.54, 1.807) is 0 Å². The quantitative estimate of drug-likeness (QED) is 0.867. The fraction of sp³-hybridized carbons (Fsp3) is 0.647. The van der Waals surface area contributed by atoms with Crippen molar-refractivity contribution in [3.05, 3.63) is 24.3 Å². The maximum absolute atomic E-state index is 10.0. The lowest BCUT2D eigenvalue weighted by Crippen LogP contribution is -2.39. The van der Waals surface area contributed by atoms with Crippen molar-refractivity contribution in [3.63, 3.8) is 0 Å². The van der Waals surface area contributed by atoms with Crippen LogP contribution in [0, 0.1) is 0 Å². The van der Waals surface area contributed by atoms with Gasteiger partial charge >= 0.3 is 0 Å². The fourth-order valence-electron chi connectivity index (χ4n) is 2.97. The molecular formula is C17H25NO4. The van der Waals surface area contributed by atoms with Crippen molar-refractivity contribution in [3.8, 4) is 11.5 Å². The average Bonchev–Trinajstić information content (AvgIpc) is 2.55. The van der Waals surface area contributed by atoms with E-state index in [9.17, 15) is 5.11 Å². The molecule has 0 aromatic heterocycles. The van der Waals surface area contributed by atoms with Crippen LogP contribution < -0.4 is 9.47 Å². The Labute approximate surface area is 131 Å². The number of rotatable bonds is 6. The van der Waals surface area contributed by atoms with E-state index >= 15 is 0 Å². The van der Waals surface area contributed by atoms with E-state index in [1.807, 2.05) is 24.3 Å². The molecule has 1 fully saturated rings. The number of hydrogen-bond donors (Lipinski definition) is 1. The van der Waals surface area contributed by atoms with Crippen LogP contribution in [0.3, 0.4) is 0 Å². The maximum atomic E-state index is 10.0. The summed E-state index contributed by atoms with van der Waals surface area (Å²) in [6, 6.07) is 7.64. The number of nitrogens with zero attached hydrogens (tertiary/aromatic N) is 1. The average molecular weight is 307 g/mol. The number of para-hydroxylation sites is 2. The molecular weight excluding hydrogens is 282 g/mol. The van der Waals surface area contributed by atoms with Crippen molar-refractivity contribution in [2.24, 2.45) is 0 Å². The van der Waals surface area contributed by atoms with E-state index in [-0.39, 0.29) is 6.10 Å². The van der Waals surface area contributed by atoms with Crippen LogP contribution in [0.15, 0.2) is 24.3 Å². The van der Waals surface area contributed by atoms with Crippen LogP contribution in [0.2, 0.25) is 0 Å². The Morgan fingerprint density at radius 2 is 1.95 bits per heavy atom. The lowest BCUT2D eigenvalue weighted by Gasteiger charge is -2.29. The molecule has 3 rings (SSSR count). The molecule has 0 unspecified atom stereocenters. The Hall–Kier alpha value is -1.30. The van der Waals surface area contributed by atoms with Gasteiger partial charge in [-0.15, -0.1) is 0 Å². The van der Waals surface area contributed by atoms with Gasteiger partial charge in [0.1, 0.15) is 6.61 Å². The molecule has 1 aromatic carbocycles. The Morgan fingerprint density at radius 3 is 2.77 bits per heavy atom. The van der Waals surface area contributed by atoms with Gasteiger partial charge in [0.05, 0.1) is 19.3 Å². The van der Waals surface area contributed by atoms with Gasteiger partial charge in [0.15, 0.2) is 17.6 Å². The summed E-state index contributed by atoms with van der Waals surface area (Å²) in [6.07, 6.45) is 3.23. The van der Waals surface area contributed by atoms with Gasteiger partial charge in [0.2, 0.25) is 0 Å². The SMILES string of the molecule is O[C@@H](COC[C@H]1COc2ccccc2O1)CN1CCCCC1. The van der Waals surface area contributed by atoms with Crippen molar-refractivity contribution >= 4 is 0 Å². The molecule has 2 heterocycles. The van der Waals surface area contributed by atoms with Crippen molar-refractivity contribution < 1.29 is 19.3 Å².